The van der Waals surface area contributed by atoms with Crippen molar-refractivity contribution in [1.29, 1.82) is 0 Å². The summed E-state index contributed by atoms with van der Waals surface area (Å²) >= 11 is 0. The lowest BCUT2D eigenvalue weighted by atomic mass is 10.3. The summed E-state index contributed by atoms with van der Waals surface area (Å²) in [4.78, 5) is 4.04. The van der Waals surface area contributed by atoms with Crippen LogP contribution in [0.3, 0.4) is 0 Å². The van der Waals surface area contributed by atoms with Gasteiger partial charge in [0, 0.05) is 19.3 Å². The van der Waals surface area contributed by atoms with E-state index in [1.165, 1.54) is 0 Å². The number of aromatic nitrogens is 1. The summed E-state index contributed by atoms with van der Waals surface area (Å²) in [5, 5.41) is 6.49. The molecule has 0 aliphatic rings. The van der Waals surface area contributed by atoms with Crippen LogP contribution in [0.2, 0.25) is 0 Å². The van der Waals surface area contributed by atoms with E-state index >= 15 is 0 Å². The lowest BCUT2D eigenvalue weighted by molar-refractivity contribution is 1.16. The van der Waals surface area contributed by atoms with Crippen LogP contribution in [0.5, 0.6) is 0 Å². The number of pyridine rings is 1. The fraction of sp³-hybridized carbons (Fsp3) is 0.444. The van der Waals surface area contributed by atoms with E-state index in [9.17, 15) is 0 Å². The molecule has 0 radical (unpaired) electrons. The highest BCUT2D eigenvalue weighted by molar-refractivity contribution is 5.66. The molecule has 1 aromatic heterocycles. The number of rotatable bonds is 4. The van der Waals surface area contributed by atoms with Crippen LogP contribution in [-0.2, 0) is 0 Å². The van der Waals surface area contributed by atoms with Gasteiger partial charge in [0.2, 0.25) is 0 Å². The normalized spacial score (nSPS) is 9.50. The Bertz CT molecular complexity index is 210. The third kappa shape index (κ3) is 2.12. The number of hydrogen-bond donors (Lipinski definition) is 2. The summed E-state index contributed by atoms with van der Waals surface area (Å²) in [6, 6.07) is 1.97. The predicted octanol–water partition coefficient (Wildman–Crippen LogP) is 1.95. The second-order valence-electron chi connectivity index (χ2n) is 2.48. The van der Waals surface area contributed by atoms with Gasteiger partial charge in [0.15, 0.2) is 0 Å². The monoisotopic (exact) mass is 165 g/mol. The van der Waals surface area contributed by atoms with Gasteiger partial charge in [-0.25, -0.2) is 0 Å². The van der Waals surface area contributed by atoms with Crippen LogP contribution in [-0.4, -0.2) is 18.1 Å². The van der Waals surface area contributed by atoms with Crippen LogP contribution in [0, 0.1) is 0 Å². The van der Waals surface area contributed by atoms with Crippen LogP contribution >= 0.6 is 0 Å². The molecule has 3 heteroatoms. The van der Waals surface area contributed by atoms with Crippen molar-refractivity contribution in [2.75, 3.05) is 23.7 Å². The molecule has 1 aromatic rings. The first-order valence-electron chi connectivity index (χ1n) is 4.30. The Kier molecular flexibility index (Phi) is 3.38. The first-order chi connectivity index (χ1) is 5.88. The van der Waals surface area contributed by atoms with Gasteiger partial charge in [-0.2, -0.15) is 0 Å². The third-order valence-corrected chi connectivity index (χ3v) is 1.56. The zero-order valence-corrected chi connectivity index (χ0v) is 7.59. The molecule has 0 saturated heterocycles. The van der Waals surface area contributed by atoms with E-state index in [0.717, 1.165) is 24.5 Å². The van der Waals surface area contributed by atoms with Crippen molar-refractivity contribution in [3.8, 4) is 0 Å². The molecule has 0 fully saturated rings. The summed E-state index contributed by atoms with van der Waals surface area (Å²) in [5.74, 6) is 0. The van der Waals surface area contributed by atoms with E-state index in [4.69, 9.17) is 0 Å². The molecule has 1 heterocycles. The molecule has 2 N–H and O–H groups in total. The quantitative estimate of drug-likeness (QED) is 0.716. The van der Waals surface area contributed by atoms with Crippen molar-refractivity contribution in [2.45, 2.75) is 13.8 Å². The molecule has 0 aromatic carbocycles. The van der Waals surface area contributed by atoms with Crippen LogP contribution in [0.4, 0.5) is 11.4 Å². The van der Waals surface area contributed by atoms with Crippen molar-refractivity contribution in [1.82, 2.24) is 4.98 Å². The van der Waals surface area contributed by atoms with E-state index in [0.29, 0.717) is 0 Å². The number of nitrogens with one attached hydrogen (secondary N) is 2. The van der Waals surface area contributed by atoms with E-state index in [1.807, 2.05) is 12.3 Å². The predicted molar refractivity (Wildman–Crippen MR) is 52.6 cm³/mol. The zero-order valence-electron chi connectivity index (χ0n) is 7.59. The van der Waals surface area contributed by atoms with Crippen LogP contribution in [0.1, 0.15) is 13.8 Å². The zero-order chi connectivity index (χ0) is 8.81. The van der Waals surface area contributed by atoms with Crippen molar-refractivity contribution in [2.24, 2.45) is 0 Å². The average Bonchev–Trinajstić information content (AvgIpc) is 2.09. The third-order valence-electron chi connectivity index (χ3n) is 1.56. The van der Waals surface area contributed by atoms with Gasteiger partial charge < -0.3 is 10.6 Å². The minimum atomic E-state index is 0.921. The van der Waals surface area contributed by atoms with Gasteiger partial charge in [0.25, 0.3) is 0 Å². The SMILES string of the molecule is CCNc1ccncc1NCC. The topological polar surface area (TPSA) is 37.0 Å². The van der Waals surface area contributed by atoms with Gasteiger partial charge in [-0.15, -0.1) is 0 Å². The largest absolute Gasteiger partial charge is 0.384 e. The Balaban J connectivity index is 2.77. The maximum absolute atomic E-state index is 4.04. The maximum atomic E-state index is 4.04. The van der Waals surface area contributed by atoms with Crippen molar-refractivity contribution in [3.63, 3.8) is 0 Å². The molecule has 0 unspecified atom stereocenters. The Morgan fingerprint density at radius 1 is 1.17 bits per heavy atom. The molecule has 3 nitrogen and oxygen atoms in total. The molecule has 0 saturated carbocycles. The van der Waals surface area contributed by atoms with Crippen molar-refractivity contribution >= 4 is 11.4 Å². The Hall–Kier alpha value is -1.25. The number of anilines is 2. The van der Waals surface area contributed by atoms with Crippen molar-refractivity contribution < 1.29 is 0 Å². The van der Waals surface area contributed by atoms with Gasteiger partial charge in [-0.1, -0.05) is 0 Å². The summed E-state index contributed by atoms with van der Waals surface area (Å²) in [6.45, 7) is 6.01. The van der Waals surface area contributed by atoms with E-state index in [1.54, 1.807) is 6.20 Å². The molecule has 0 amide bonds. The average molecular weight is 165 g/mol. The van der Waals surface area contributed by atoms with E-state index < -0.39 is 0 Å². The van der Waals surface area contributed by atoms with Crippen LogP contribution in [0.25, 0.3) is 0 Å². The summed E-state index contributed by atoms with van der Waals surface area (Å²) in [5.41, 5.74) is 2.19. The molecular weight excluding hydrogens is 150 g/mol. The summed E-state index contributed by atoms with van der Waals surface area (Å²) in [7, 11) is 0. The van der Waals surface area contributed by atoms with Gasteiger partial charge in [0.05, 0.1) is 17.6 Å². The van der Waals surface area contributed by atoms with E-state index in [2.05, 4.69) is 29.5 Å². The second-order valence-corrected chi connectivity index (χ2v) is 2.48. The number of hydrogen-bond acceptors (Lipinski definition) is 3. The molecule has 12 heavy (non-hydrogen) atoms. The Morgan fingerprint density at radius 2 is 1.83 bits per heavy atom. The molecule has 0 spiro atoms. The van der Waals surface area contributed by atoms with E-state index in [-0.39, 0.29) is 0 Å². The highest BCUT2D eigenvalue weighted by Gasteiger charge is 1.97. The van der Waals surface area contributed by atoms with Gasteiger partial charge in [-0.3, -0.25) is 4.98 Å². The maximum Gasteiger partial charge on any atom is 0.0762 e. The molecule has 0 aliphatic carbocycles. The Labute approximate surface area is 73.2 Å². The van der Waals surface area contributed by atoms with Crippen LogP contribution in [0.15, 0.2) is 18.5 Å². The standard InChI is InChI=1S/C9H15N3/c1-3-11-8-5-6-10-7-9(8)12-4-2/h5-7,12H,3-4H2,1-2H3,(H,10,11). The molecule has 66 valence electrons. The molecule has 1 rings (SSSR count). The van der Waals surface area contributed by atoms with Gasteiger partial charge >= 0.3 is 0 Å². The lowest BCUT2D eigenvalue weighted by Crippen LogP contribution is -2.04. The second kappa shape index (κ2) is 4.59. The Morgan fingerprint density at radius 3 is 2.50 bits per heavy atom. The fourth-order valence-electron chi connectivity index (χ4n) is 1.07. The van der Waals surface area contributed by atoms with Crippen LogP contribution < -0.4 is 10.6 Å². The first-order valence-corrected chi connectivity index (χ1v) is 4.30. The summed E-state index contributed by atoms with van der Waals surface area (Å²) < 4.78 is 0. The fourth-order valence-corrected chi connectivity index (χ4v) is 1.07. The van der Waals surface area contributed by atoms with Gasteiger partial charge in [0.1, 0.15) is 0 Å². The molecule has 0 aliphatic heterocycles. The lowest BCUT2D eigenvalue weighted by Gasteiger charge is -2.09. The minimum absolute atomic E-state index is 0.921. The van der Waals surface area contributed by atoms with Gasteiger partial charge in [-0.05, 0) is 19.9 Å². The number of nitrogens with zero attached hydrogens (tertiary/aromatic N) is 1. The molecule has 0 atom stereocenters. The summed E-state index contributed by atoms with van der Waals surface area (Å²) in [6.07, 6.45) is 3.63. The first kappa shape index (κ1) is 8.84. The van der Waals surface area contributed by atoms with Crippen molar-refractivity contribution in [3.05, 3.63) is 18.5 Å². The smallest absolute Gasteiger partial charge is 0.0762 e. The highest BCUT2D eigenvalue weighted by Crippen LogP contribution is 2.18. The highest BCUT2D eigenvalue weighted by atomic mass is 15.0. The molecule has 0 bridgehead atoms. The minimum Gasteiger partial charge on any atom is -0.384 e. The molecular formula is C9H15N3.